The SMILES string of the molecule is O=C(c1cnn2ccc(C3CCN(C(=O)C4CC4)CC3)cc12)N1CCCC1. The third-order valence-electron chi connectivity index (χ3n) is 6.37. The molecule has 0 aromatic carbocycles. The number of nitrogens with zero attached hydrogens (tertiary/aromatic N) is 4. The Morgan fingerprint density at radius 2 is 1.70 bits per heavy atom. The second-order valence-corrected chi connectivity index (χ2v) is 8.22. The highest BCUT2D eigenvalue weighted by Gasteiger charge is 2.35. The van der Waals surface area contributed by atoms with Gasteiger partial charge in [-0.1, -0.05) is 0 Å². The Bertz CT molecular complexity index is 871. The highest BCUT2D eigenvalue weighted by molar-refractivity contribution is 6.00. The minimum atomic E-state index is 0.101. The molecule has 0 bridgehead atoms. The lowest BCUT2D eigenvalue weighted by Gasteiger charge is -2.32. The van der Waals surface area contributed by atoms with Crippen molar-refractivity contribution >= 4 is 17.3 Å². The van der Waals surface area contributed by atoms with E-state index in [9.17, 15) is 9.59 Å². The number of hydrogen-bond acceptors (Lipinski definition) is 3. The van der Waals surface area contributed by atoms with Crippen LogP contribution >= 0.6 is 0 Å². The monoisotopic (exact) mass is 366 g/mol. The van der Waals surface area contributed by atoms with E-state index in [4.69, 9.17) is 0 Å². The maximum atomic E-state index is 12.8. The number of rotatable bonds is 3. The first-order valence-corrected chi connectivity index (χ1v) is 10.3. The van der Waals surface area contributed by atoms with Crippen molar-refractivity contribution in [3.05, 3.63) is 35.7 Å². The molecule has 2 aliphatic heterocycles. The van der Waals surface area contributed by atoms with E-state index in [2.05, 4.69) is 17.2 Å². The average molecular weight is 366 g/mol. The minimum absolute atomic E-state index is 0.101. The number of amides is 2. The lowest BCUT2D eigenvalue weighted by Crippen LogP contribution is -2.38. The maximum absolute atomic E-state index is 12.8. The van der Waals surface area contributed by atoms with Crippen molar-refractivity contribution in [3.63, 3.8) is 0 Å². The molecule has 0 atom stereocenters. The number of hydrogen-bond donors (Lipinski definition) is 0. The van der Waals surface area contributed by atoms with Gasteiger partial charge in [0.15, 0.2) is 0 Å². The lowest BCUT2D eigenvalue weighted by molar-refractivity contribution is -0.133. The van der Waals surface area contributed by atoms with Gasteiger partial charge in [0.2, 0.25) is 5.91 Å². The molecule has 0 unspecified atom stereocenters. The van der Waals surface area contributed by atoms with Crippen LogP contribution < -0.4 is 0 Å². The van der Waals surface area contributed by atoms with Gasteiger partial charge in [-0.3, -0.25) is 9.59 Å². The molecule has 2 amide bonds. The molecule has 4 heterocycles. The summed E-state index contributed by atoms with van der Waals surface area (Å²) in [6, 6.07) is 4.26. The molecule has 0 radical (unpaired) electrons. The predicted molar refractivity (Wildman–Crippen MR) is 102 cm³/mol. The summed E-state index contributed by atoms with van der Waals surface area (Å²) in [6.45, 7) is 3.40. The normalized spacial score (nSPS) is 21.2. The van der Waals surface area contributed by atoms with E-state index in [1.807, 2.05) is 16.0 Å². The summed E-state index contributed by atoms with van der Waals surface area (Å²) in [5, 5.41) is 4.38. The number of fused-ring (bicyclic) bond motifs is 1. The van der Waals surface area contributed by atoms with Crippen molar-refractivity contribution in [1.29, 1.82) is 0 Å². The van der Waals surface area contributed by atoms with Crippen LogP contribution in [0.15, 0.2) is 24.5 Å². The smallest absolute Gasteiger partial charge is 0.257 e. The van der Waals surface area contributed by atoms with Crippen molar-refractivity contribution < 1.29 is 9.59 Å². The summed E-state index contributed by atoms with van der Waals surface area (Å²) in [4.78, 5) is 29.1. The molecule has 6 heteroatoms. The molecule has 2 saturated heterocycles. The molecule has 6 nitrogen and oxygen atoms in total. The highest BCUT2D eigenvalue weighted by Crippen LogP contribution is 2.34. The van der Waals surface area contributed by atoms with E-state index >= 15 is 0 Å². The molecular formula is C21H26N4O2. The van der Waals surface area contributed by atoms with Gasteiger partial charge in [0.25, 0.3) is 5.91 Å². The summed E-state index contributed by atoms with van der Waals surface area (Å²) < 4.78 is 1.80. The topological polar surface area (TPSA) is 57.9 Å². The van der Waals surface area contributed by atoms with Crippen molar-refractivity contribution in [3.8, 4) is 0 Å². The number of carbonyl (C=O) groups is 2. The van der Waals surface area contributed by atoms with Gasteiger partial charge in [-0.15, -0.1) is 0 Å². The summed E-state index contributed by atoms with van der Waals surface area (Å²) in [6.07, 6.45) is 10.00. The van der Waals surface area contributed by atoms with Gasteiger partial charge in [-0.25, -0.2) is 4.52 Å². The second-order valence-electron chi connectivity index (χ2n) is 8.22. The van der Waals surface area contributed by atoms with Crippen LogP contribution in [0.2, 0.25) is 0 Å². The first kappa shape index (κ1) is 16.8. The molecule has 5 rings (SSSR count). The lowest BCUT2D eigenvalue weighted by atomic mass is 9.89. The Labute approximate surface area is 159 Å². The van der Waals surface area contributed by atoms with Gasteiger partial charge in [0.1, 0.15) is 0 Å². The van der Waals surface area contributed by atoms with Crippen molar-refractivity contribution in [2.75, 3.05) is 26.2 Å². The van der Waals surface area contributed by atoms with Crippen molar-refractivity contribution in [1.82, 2.24) is 19.4 Å². The van der Waals surface area contributed by atoms with E-state index in [1.54, 1.807) is 10.7 Å². The Morgan fingerprint density at radius 1 is 0.963 bits per heavy atom. The Balaban J connectivity index is 1.34. The summed E-state index contributed by atoms with van der Waals surface area (Å²) in [5.41, 5.74) is 2.87. The molecule has 3 fully saturated rings. The maximum Gasteiger partial charge on any atom is 0.257 e. The third-order valence-corrected chi connectivity index (χ3v) is 6.37. The zero-order valence-electron chi connectivity index (χ0n) is 15.6. The number of aromatic nitrogens is 2. The molecule has 2 aromatic heterocycles. The van der Waals surface area contributed by atoms with Crippen LogP contribution in [0.25, 0.3) is 5.52 Å². The van der Waals surface area contributed by atoms with E-state index in [0.29, 0.717) is 23.3 Å². The van der Waals surface area contributed by atoms with Gasteiger partial charge in [0, 0.05) is 38.3 Å². The Kier molecular flexibility index (Phi) is 4.14. The number of pyridine rings is 1. The fourth-order valence-electron chi connectivity index (χ4n) is 4.53. The van der Waals surface area contributed by atoms with Crippen LogP contribution in [0, 0.1) is 5.92 Å². The molecular weight excluding hydrogens is 340 g/mol. The second kappa shape index (κ2) is 6.66. The molecule has 3 aliphatic rings. The van der Waals surface area contributed by atoms with Gasteiger partial charge in [-0.2, -0.15) is 5.10 Å². The summed E-state index contributed by atoms with van der Waals surface area (Å²) in [7, 11) is 0. The minimum Gasteiger partial charge on any atom is -0.342 e. The fourth-order valence-corrected chi connectivity index (χ4v) is 4.53. The van der Waals surface area contributed by atoms with Crippen molar-refractivity contribution in [2.45, 2.75) is 44.4 Å². The largest absolute Gasteiger partial charge is 0.342 e. The predicted octanol–water partition coefficient (Wildman–Crippen LogP) is 2.69. The number of piperidine rings is 1. The fraction of sp³-hybridized carbons (Fsp3) is 0.571. The zero-order valence-corrected chi connectivity index (χ0v) is 15.6. The quantitative estimate of drug-likeness (QED) is 0.839. The van der Waals surface area contributed by atoms with Crippen LogP contribution in [0.1, 0.15) is 60.4 Å². The van der Waals surface area contributed by atoms with Crippen LogP contribution in [0.5, 0.6) is 0 Å². The van der Waals surface area contributed by atoms with Crippen LogP contribution in [0.3, 0.4) is 0 Å². The first-order chi connectivity index (χ1) is 13.2. The molecule has 0 N–H and O–H groups in total. The van der Waals surface area contributed by atoms with Gasteiger partial charge in [0.05, 0.1) is 17.3 Å². The Hall–Kier alpha value is -2.37. The van der Waals surface area contributed by atoms with E-state index in [-0.39, 0.29) is 5.91 Å². The van der Waals surface area contributed by atoms with Crippen LogP contribution in [0.4, 0.5) is 0 Å². The summed E-state index contributed by atoms with van der Waals surface area (Å²) in [5.74, 6) is 1.22. The molecule has 1 aliphatic carbocycles. The van der Waals surface area contributed by atoms with E-state index in [1.165, 1.54) is 5.56 Å². The van der Waals surface area contributed by atoms with E-state index in [0.717, 1.165) is 70.2 Å². The number of likely N-dealkylation sites (tertiary alicyclic amines) is 2. The van der Waals surface area contributed by atoms with Gasteiger partial charge in [-0.05, 0) is 62.1 Å². The molecule has 0 spiro atoms. The van der Waals surface area contributed by atoms with Gasteiger partial charge < -0.3 is 9.80 Å². The molecule has 27 heavy (non-hydrogen) atoms. The molecule has 1 saturated carbocycles. The average Bonchev–Trinajstić information content (AvgIpc) is 3.25. The Morgan fingerprint density at radius 3 is 2.41 bits per heavy atom. The molecule has 142 valence electrons. The summed E-state index contributed by atoms with van der Waals surface area (Å²) >= 11 is 0. The number of carbonyl (C=O) groups excluding carboxylic acids is 2. The van der Waals surface area contributed by atoms with Gasteiger partial charge >= 0.3 is 0 Å². The standard InChI is InChI=1S/C21H26N4O2/c26-20(16-3-4-16)24-10-5-15(6-11-24)17-7-12-25-19(13-17)18(14-22-25)21(27)23-8-1-2-9-23/h7,12-16H,1-6,8-11H2. The third kappa shape index (κ3) is 3.11. The van der Waals surface area contributed by atoms with E-state index < -0.39 is 0 Å². The molecule has 2 aromatic rings. The van der Waals surface area contributed by atoms with Crippen molar-refractivity contribution in [2.24, 2.45) is 5.92 Å². The first-order valence-electron chi connectivity index (χ1n) is 10.3. The highest BCUT2D eigenvalue weighted by atomic mass is 16.2. The van der Waals surface area contributed by atoms with Crippen LogP contribution in [-0.4, -0.2) is 57.4 Å². The zero-order chi connectivity index (χ0) is 18.4. The van der Waals surface area contributed by atoms with Crippen LogP contribution in [-0.2, 0) is 4.79 Å².